The number of benzene rings is 2. The van der Waals surface area contributed by atoms with Crippen molar-refractivity contribution in [2.45, 2.75) is 40.2 Å². The van der Waals surface area contributed by atoms with Crippen molar-refractivity contribution in [2.24, 2.45) is 5.73 Å². The Labute approximate surface area is 151 Å². The molecule has 0 saturated carbocycles. The molecular formula is C20H22F3NO2. The number of hydrogen-bond acceptors (Lipinski definition) is 3. The van der Waals surface area contributed by atoms with Crippen LogP contribution in [0.2, 0.25) is 0 Å². The van der Waals surface area contributed by atoms with E-state index in [1.54, 1.807) is 19.9 Å². The lowest BCUT2D eigenvalue weighted by atomic mass is 9.89. The number of rotatable bonds is 5. The van der Waals surface area contributed by atoms with E-state index in [4.69, 9.17) is 10.5 Å². The minimum atomic E-state index is -1.24. The van der Waals surface area contributed by atoms with Gasteiger partial charge in [0, 0.05) is 22.7 Å². The Morgan fingerprint density at radius 3 is 2.35 bits per heavy atom. The smallest absolute Gasteiger partial charge is 0.307 e. The molecule has 0 unspecified atom stereocenters. The monoisotopic (exact) mass is 365 g/mol. The number of ether oxygens (including phenoxy) is 1. The summed E-state index contributed by atoms with van der Waals surface area (Å²) in [5, 5.41) is 0. The van der Waals surface area contributed by atoms with Crippen LogP contribution in [0.15, 0.2) is 18.2 Å². The summed E-state index contributed by atoms with van der Waals surface area (Å²) >= 11 is 0. The van der Waals surface area contributed by atoms with Gasteiger partial charge in [-0.2, -0.15) is 0 Å². The van der Waals surface area contributed by atoms with Crippen molar-refractivity contribution in [1.29, 1.82) is 0 Å². The van der Waals surface area contributed by atoms with E-state index in [0.29, 0.717) is 5.56 Å². The second-order valence-electron chi connectivity index (χ2n) is 6.27. The Kier molecular flexibility index (Phi) is 6.08. The third kappa shape index (κ3) is 3.75. The minimum Gasteiger partial charge on any atom is -0.466 e. The molecule has 0 amide bonds. The van der Waals surface area contributed by atoms with Crippen LogP contribution in [0.4, 0.5) is 13.2 Å². The largest absolute Gasteiger partial charge is 0.466 e. The molecule has 2 aromatic carbocycles. The number of aryl methyl sites for hydroxylation is 1. The summed E-state index contributed by atoms with van der Waals surface area (Å²) in [4.78, 5) is 11.6. The van der Waals surface area contributed by atoms with E-state index >= 15 is 4.39 Å². The van der Waals surface area contributed by atoms with Crippen LogP contribution < -0.4 is 5.73 Å². The van der Waals surface area contributed by atoms with E-state index in [2.05, 4.69) is 0 Å². The molecule has 0 aliphatic heterocycles. The number of carbonyl (C=O) groups is 1. The highest BCUT2D eigenvalue weighted by Crippen LogP contribution is 2.37. The van der Waals surface area contributed by atoms with Gasteiger partial charge >= 0.3 is 5.97 Å². The first-order chi connectivity index (χ1) is 12.2. The van der Waals surface area contributed by atoms with Gasteiger partial charge in [0.05, 0.1) is 13.0 Å². The lowest BCUT2D eigenvalue weighted by molar-refractivity contribution is -0.143. The Morgan fingerprint density at radius 2 is 1.77 bits per heavy atom. The van der Waals surface area contributed by atoms with Gasteiger partial charge in [-0.15, -0.1) is 0 Å². The Hall–Kier alpha value is -2.34. The summed E-state index contributed by atoms with van der Waals surface area (Å²) in [7, 11) is 0. The lowest BCUT2D eigenvalue weighted by Gasteiger charge is -2.20. The van der Waals surface area contributed by atoms with E-state index < -0.39 is 35.0 Å². The first kappa shape index (κ1) is 20.0. The third-order valence-corrected chi connectivity index (χ3v) is 4.42. The van der Waals surface area contributed by atoms with Gasteiger partial charge in [0.1, 0.15) is 17.5 Å². The molecule has 0 radical (unpaired) electrons. The number of hydrogen-bond donors (Lipinski definition) is 1. The predicted molar refractivity (Wildman–Crippen MR) is 94.1 cm³/mol. The van der Waals surface area contributed by atoms with Crippen molar-refractivity contribution in [2.75, 3.05) is 6.61 Å². The summed E-state index contributed by atoms with van der Waals surface area (Å²) in [6.07, 6.45) is -0.375. The molecule has 0 fully saturated rings. The zero-order valence-corrected chi connectivity index (χ0v) is 15.3. The van der Waals surface area contributed by atoms with Gasteiger partial charge in [-0.25, -0.2) is 13.2 Å². The van der Waals surface area contributed by atoms with E-state index in [0.717, 1.165) is 0 Å². The molecule has 2 rings (SSSR count). The summed E-state index contributed by atoms with van der Waals surface area (Å²) in [5.41, 5.74) is 6.56. The van der Waals surface area contributed by atoms with Gasteiger partial charge in [-0.05, 0) is 50.5 Å². The van der Waals surface area contributed by atoms with Gasteiger partial charge in [-0.1, -0.05) is 12.1 Å². The summed E-state index contributed by atoms with van der Waals surface area (Å²) < 4.78 is 49.1. The first-order valence-electron chi connectivity index (χ1n) is 8.34. The van der Waals surface area contributed by atoms with E-state index in [9.17, 15) is 13.6 Å². The minimum absolute atomic E-state index is 0.0262. The van der Waals surface area contributed by atoms with Gasteiger partial charge in [0.25, 0.3) is 0 Å². The van der Waals surface area contributed by atoms with Gasteiger partial charge in [0.2, 0.25) is 0 Å². The second kappa shape index (κ2) is 7.91. The summed E-state index contributed by atoms with van der Waals surface area (Å²) in [6.45, 7) is 6.48. The van der Waals surface area contributed by atoms with Crippen molar-refractivity contribution in [3.63, 3.8) is 0 Å². The zero-order chi connectivity index (χ0) is 19.6. The highest BCUT2D eigenvalue weighted by atomic mass is 19.1. The van der Waals surface area contributed by atoms with Crippen molar-refractivity contribution in [1.82, 2.24) is 0 Å². The van der Waals surface area contributed by atoms with Crippen molar-refractivity contribution < 1.29 is 22.7 Å². The van der Waals surface area contributed by atoms with Crippen LogP contribution in [0.25, 0.3) is 11.1 Å². The van der Waals surface area contributed by atoms with Crippen LogP contribution in [0.1, 0.15) is 41.6 Å². The van der Waals surface area contributed by atoms with E-state index in [-0.39, 0.29) is 35.3 Å². The summed E-state index contributed by atoms with van der Waals surface area (Å²) in [5.74, 6) is -3.04. The van der Waals surface area contributed by atoms with Crippen LogP contribution in [-0.4, -0.2) is 12.6 Å². The van der Waals surface area contributed by atoms with Crippen molar-refractivity contribution in [3.05, 3.63) is 57.9 Å². The van der Waals surface area contributed by atoms with Crippen molar-refractivity contribution >= 4 is 5.97 Å². The zero-order valence-electron chi connectivity index (χ0n) is 15.3. The summed E-state index contributed by atoms with van der Waals surface area (Å²) in [6, 6.07) is 3.15. The molecular weight excluding hydrogens is 343 g/mol. The highest BCUT2D eigenvalue weighted by molar-refractivity contribution is 5.73. The maximum absolute atomic E-state index is 15.2. The molecule has 2 N–H and O–H groups in total. The molecule has 26 heavy (non-hydrogen) atoms. The quantitative estimate of drug-likeness (QED) is 0.785. The van der Waals surface area contributed by atoms with Crippen LogP contribution in [0.5, 0.6) is 0 Å². The maximum atomic E-state index is 15.2. The first-order valence-corrected chi connectivity index (χ1v) is 8.34. The Bertz CT molecular complexity index is 850. The fourth-order valence-corrected chi connectivity index (χ4v) is 2.92. The molecule has 0 aliphatic carbocycles. The highest BCUT2D eigenvalue weighted by Gasteiger charge is 2.27. The molecule has 0 saturated heterocycles. The van der Waals surface area contributed by atoms with Crippen LogP contribution >= 0.6 is 0 Å². The number of esters is 1. The molecule has 0 spiro atoms. The maximum Gasteiger partial charge on any atom is 0.307 e. The normalized spacial score (nSPS) is 12.2. The van der Waals surface area contributed by atoms with Gasteiger partial charge < -0.3 is 10.5 Å². The van der Waals surface area contributed by atoms with Crippen molar-refractivity contribution in [3.8, 4) is 11.1 Å². The fourth-order valence-electron chi connectivity index (χ4n) is 2.92. The Morgan fingerprint density at radius 1 is 1.12 bits per heavy atom. The average molecular weight is 365 g/mol. The molecule has 0 heterocycles. The molecule has 2 aromatic rings. The van der Waals surface area contributed by atoms with Crippen LogP contribution in [0, 0.1) is 38.2 Å². The molecule has 6 heteroatoms. The topological polar surface area (TPSA) is 52.3 Å². The number of halogens is 3. The molecule has 140 valence electrons. The van der Waals surface area contributed by atoms with Gasteiger partial charge in [0.15, 0.2) is 0 Å². The average Bonchev–Trinajstić information content (AvgIpc) is 2.55. The molecule has 3 nitrogen and oxygen atoms in total. The molecule has 0 bridgehead atoms. The second-order valence-corrected chi connectivity index (χ2v) is 6.27. The SMILES string of the molecule is CCOC(=O)C[C@H](N)c1c(F)c(C)c(C)c(-c2ccc(C)cc2F)c1F. The molecule has 0 aliphatic rings. The fraction of sp³-hybridized carbons (Fsp3) is 0.350. The Balaban J connectivity index is 2.64. The molecule has 1 atom stereocenters. The third-order valence-electron chi connectivity index (χ3n) is 4.42. The number of nitrogens with two attached hydrogens (primary N) is 1. The van der Waals surface area contributed by atoms with Gasteiger partial charge in [-0.3, -0.25) is 4.79 Å². The van der Waals surface area contributed by atoms with E-state index in [1.165, 1.54) is 26.0 Å². The molecule has 0 aromatic heterocycles. The standard InChI is InChI=1S/C20H22F3NO2/c1-5-26-16(25)9-15(24)18-19(22)12(4)11(3)17(20(18)23)13-7-6-10(2)8-14(13)21/h6-8,15H,5,9,24H2,1-4H3/t15-/m0/s1. The predicted octanol–water partition coefficient (Wildman–Crippen LogP) is 4.65. The lowest BCUT2D eigenvalue weighted by Crippen LogP contribution is -2.21. The van der Waals surface area contributed by atoms with Crippen LogP contribution in [-0.2, 0) is 9.53 Å². The number of carbonyl (C=O) groups excluding carboxylic acids is 1. The van der Waals surface area contributed by atoms with E-state index in [1.807, 2.05) is 0 Å². The van der Waals surface area contributed by atoms with Crippen LogP contribution in [0.3, 0.4) is 0 Å².